The summed E-state index contributed by atoms with van der Waals surface area (Å²) in [4.78, 5) is 0. The molecule has 0 radical (unpaired) electrons. The van der Waals surface area contributed by atoms with E-state index in [1.807, 2.05) is 0 Å². The maximum atomic E-state index is 13.1. The minimum absolute atomic E-state index is 0.0687. The standard InChI is InChI=1S/C12H11F3N2O2/c1-7(18)10-6-16-17(11(10)12(13,14)15)8-3-2-4-9(19)5-8/h2-7,18-19H,1H3. The summed E-state index contributed by atoms with van der Waals surface area (Å²) < 4.78 is 39.8. The minimum atomic E-state index is -4.66. The first-order valence-corrected chi connectivity index (χ1v) is 5.43. The number of aliphatic hydroxyl groups is 1. The molecule has 102 valence electrons. The molecule has 0 aliphatic carbocycles. The van der Waals surface area contributed by atoms with Crippen LogP contribution in [0.1, 0.15) is 24.3 Å². The number of aromatic nitrogens is 2. The largest absolute Gasteiger partial charge is 0.508 e. The van der Waals surface area contributed by atoms with E-state index >= 15 is 0 Å². The predicted molar refractivity (Wildman–Crippen MR) is 60.9 cm³/mol. The fraction of sp³-hybridized carbons (Fsp3) is 0.250. The first-order chi connectivity index (χ1) is 8.80. The third kappa shape index (κ3) is 2.55. The van der Waals surface area contributed by atoms with Gasteiger partial charge < -0.3 is 10.2 Å². The number of nitrogens with zero attached hydrogens (tertiary/aromatic N) is 2. The molecule has 0 aliphatic rings. The molecule has 2 N–H and O–H groups in total. The number of benzene rings is 1. The molecule has 1 heterocycles. The van der Waals surface area contributed by atoms with E-state index in [0.717, 1.165) is 12.3 Å². The summed E-state index contributed by atoms with van der Waals surface area (Å²) in [6.45, 7) is 1.24. The molecule has 1 atom stereocenters. The highest BCUT2D eigenvalue weighted by molar-refractivity contribution is 5.41. The number of alkyl halides is 3. The Labute approximate surface area is 106 Å². The van der Waals surface area contributed by atoms with Crippen molar-refractivity contribution in [2.45, 2.75) is 19.2 Å². The number of aliphatic hydroxyl groups excluding tert-OH is 1. The average molecular weight is 272 g/mol. The fourth-order valence-corrected chi connectivity index (χ4v) is 1.77. The molecule has 0 aliphatic heterocycles. The van der Waals surface area contributed by atoms with E-state index in [0.29, 0.717) is 4.68 Å². The average Bonchev–Trinajstić information content (AvgIpc) is 2.73. The Hall–Kier alpha value is -2.02. The maximum Gasteiger partial charge on any atom is 0.433 e. The van der Waals surface area contributed by atoms with Gasteiger partial charge in [-0.05, 0) is 19.1 Å². The topological polar surface area (TPSA) is 58.3 Å². The van der Waals surface area contributed by atoms with Crippen molar-refractivity contribution in [3.05, 3.63) is 41.7 Å². The van der Waals surface area contributed by atoms with Crippen LogP contribution in [0.4, 0.5) is 13.2 Å². The zero-order valence-electron chi connectivity index (χ0n) is 9.89. The molecule has 1 aromatic carbocycles. The lowest BCUT2D eigenvalue weighted by molar-refractivity contribution is -0.144. The second kappa shape index (κ2) is 4.58. The minimum Gasteiger partial charge on any atom is -0.508 e. The van der Waals surface area contributed by atoms with Crippen LogP contribution in [-0.4, -0.2) is 20.0 Å². The zero-order chi connectivity index (χ0) is 14.2. The van der Waals surface area contributed by atoms with Gasteiger partial charge in [0.1, 0.15) is 5.75 Å². The molecule has 19 heavy (non-hydrogen) atoms. The highest BCUT2D eigenvalue weighted by Crippen LogP contribution is 2.36. The van der Waals surface area contributed by atoms with Crippen LogP contribution < -0.4 is 0 Å². The molecule has 0 fully saturated rings. The van der Waals surface area contributed by atoms with Crippen LogP contribution in [0.3, 0.4) is 0 Å². The third-order valence-corrected chi connectivity index (χ3v) is 2.59. The van der Waals surface area contributed by atoms with Crippen LogP contribution in [0.2, 0.25) is 0 Å². The zero-order valence-corrected chi connectivity index (χ0v) is 9.89. The van der Waals surface area contributed by atoms with Crippen molar-refractivity contribution in [3.8, 4) is 11.4 Å². The van der Waals surface area contributed by atoms with Gasteiger partial charge in [-0.3, -0.25) is 0 Å². The van der Waals surface area contributed by atoms with E-state index < -0.39 is 18.0 Å². The maximum absolute atomic E-state index is 13.1. The summed E-state index contributed by atoms with van der Waals surface area (Å²) in [5.41, 5.74) is -1.29. The van der Waals surface area contributed by atoms with Gasteiger partial charge >= 0.3 is 6.18 Å². The molecule has 0 saturated heterocycles. The molecule has 0 bridgehead atoms. The Morgan fingerprint density at radius 1 is 1.32 bits per heavy atom. The van der Waals surface area contributed by atoms with Crippen molar-refractivity contribution in [3.63, 3.8) is 0 Å². The summed E-state index contributed by atoms with van der Waals surface area (Å²) >= 11 is 0. The van der Waals surface area contributed by atoms with Gasteiger partial charge in [-0.1, -0.05) is 6.07 Å². The van der Waals surface area contributed by atoms with Crippen LogP contribution >= 0.6 is 0 Å². The van der Waals surface area contributed by atoms with Crippen molar-refractivity contribution in [2.75, 3.05) is 0 Å². The van der Waals surface area contributed by atoms with Gasteiger partial charge in [0.25, 0.3) is 0 Å². The molecule has 7 heteroatoms. The van der Waals surface area contributed by atoms with E-state index in [9.17, 15) is 23.4 Å². The van der Waals surface area contributed by atoms with E-state index in [1.165, 1.54) is 25.1 Å². The Morgan fingerprint density at radius 2 is 2.00 bits per heavy atom. The summed E-state index contributed by atoms with van der Waals surface area (Å²) in [7, 11) is 0. The second-order valence-corrected chi connectivity index (χ2v) is 4.05. The van der Waals surface area contributed by atoms with Crippen LogP contribution in [0, 0.1) is 0 Å². The number of phenolic OH excluding ortho intramolecular Hbond substituents is 1. The van der Waals surface area contributed by atoms with Gasteiger partial charge in [-0.15, -0.1) is 0 Å². The number of aromatic hydroxyl groups is 1. The van der Waals surface area contributed by atoms with Crippen molar-refractivity contribution < 1.29 is 23.4 Å². The highest BCUT2D eigenvalue weighted by atomic mass is 19.4. The smallest absolute Gasteiger partial charge is 0.433 e. The van der Waals surface area contributed by atoms with Crippen molar-refractivity contribution in [1.29, 1.82) is 0 Å². The van der Waals surface area contributed by atoms with E-state index in [1.54, 1.807) is 0 Å². The van der Waals surface area contributed by atoms with E-state index in [-0.39, 0.29) is 17.0 Å². The second-order valence-electron chi connectivity index (χ2n) is 4.05. The molecule has 4 nitrogen and oxygen atoms in total. The summed E-state index contributed by atoms with van der Waals surface area (Å²) in [6.07, 6.45) is -4.98. The number of hydrogen-bond donors (Lipinski definition) is 2. The first-order valence-electron chi connectivity index (χ1n) is 5.43. The number of rotatable bonds is 2. The van der Waals surface area contributed by atoms with Gasteiger partial charge in [0.05, 0.1) is 18.0 Å². The lowest BCUT2D eigenvalue weighted by Crippen LogP contribution is -2.16. The molecule has 2 aromatic rings. The van der Waals surface area contributed by atoms with Gasteiger partial charge in [0, 0.05) is 11.6 Å². The quantitative estimate of drug-likeness (QED) is 0.883. The van der Waals surface area contributed by atoms with Gasteiger partial charge in [0.15, 0.2) is 5.69 Å². The van der Waals surface area contributed by atoms with Crippen molar-refractivity contribution >= 4 is 0 Å². The summed E-state index contributed by atoms with van der Waals surface area (Å²) in [6, 6.07) is 5.30. The highest BCUT2D eigenvalue weighted by Gasteiger charge is 2.39. The molecule has 2 rings (SSSR count). The number of phenols is 1. The van der Waals surface area contributed by atoms with Gasteiger partial charge in [-0.2, -0.15) is 18.3 Å². The molecule has 0 saturated carbocycles. The summed E-state index contributed by atoms with van der Waals surface area (Å²) in [5.74, 6) is -0.167. The normalized spacial score (nSPS) is 13.5. The van der Waals surface area contributed by atoms with Crippen LogP contribution in [0.15, 0.2) is 30.5 Å². The summed E-state index contributed by atoms with van der Waals surface area (Å²) in [5, 5.41) is 22.3. The SMILES string of the molecule is CC(O)c1cnn(-c2cccc(O)c2)c1C(F)(F)F. The van der Waals surface area contributed by atoms with Crippen LogP contribution in [0.25, 0.3) is 5.69 Å². The molecule has 1 aromatic heterocycles. The Balaban J connectivity index is 2.65. The Bertz CT molecular complexity index is 591. The number of halogens is 3. The molecular formula is C12H11F3N2O2. The lowest BCUT2D eigenvalue weighted by atomic mass is 10.1. The van der Waals surface area contributed by atoms with Crippen LogP contribution in [0.5, 0.6) is 5.75 Å². The van der Waals surface area contributed by atoms with Crippen molar-refractivity contribution in [1.82, 2.24) is 9.78 Å². The predicted octanol–water partition coefficient (Wildman–Crippen LogP) is 2.65. The monoisotopic (exact) mass is 272 g/mol. The van der Waals surface area contributed by atoms with Crippen molar-refractivity contribution in [2.24, 2.45) is 0 Å². The number of hydrogen-bond acceptors (Lipinski definition) is 3. The molecular weight excluding hydrogens is 261 g/mol. The van der Waals surface area contributed by atoms with Gasteiger partial charge in [0.2, 0.25) is 0 Å². The molecule has 0 spiro atoms. The first kappa shape index (κ1) is 13.4. The lowest BCUT2D eigenvalue weighted by Gasteiger charge is -2.14. The van der Waals surface area contributed by atoms with Gasteiger partial charge in [-0.25, -0.2) is 4.68 Å². The van der Waals surface area contributed by atoms with Crippen LogP contribution in [-0.2, 0) is 6.18 Å². The Kier molecular flexibility index (Phi) is 3.23. The van der Waals surface area contributed by atoms with E-state index in [2.05, 4.69) is 5.10 Å². The molecule has 1 unspecified atom stereocenters. The van der Waals surface area contributed by atoms with E-state index in [4.69, 9.17) is 0 Å². The third-order valence-electron chi connectivity index (χ3n) is 2.59. The fourth-order valence-electron chi connectivity index (χ4n) is 1.77. The Morgan fingerprint density at radius 3 is 2.53 bits per heavy atom. The molecule has 0 amide bonds.